The van der Waals surface area contributed by atoms with E-state index in [4.69, 9.17) is 20.4 Å². The van der Waals surface area contributed by atoms with E-state index in [1.54, 1.807) is 48.5 Å². The molecule has 5 rings (SSSR count). The van der Waals surface area contributed by atoms with Crippen molar-refractivity contribution in [3.05, 3.63) is 101 Å². The predicted octanol–water partition coefficient (Wildman–Crippen LogP) is 6.12. The van der Waals surface area contributed by atoms with Crippen molar-refractivity contribution in [2.24, 2.45) is 0 Å². The number of alkyl halides is 3. The molecule has 3 aromatic heterocycles. The minimum atomic E-state index is -4.85. The van der Waals surface area contributed by atoms with Crippen LogP contribution in [0.3, 0.4) is 0 Å². The van der Waals surface area contributed by atoms with E-state index in [-0.39, 0.29) is 24.7 Å². The molecule has 0 radical (unpaired) electrons. The van der Waals surface area contributed by atoms with Gasteiger partial charge in [0, 0.05) is 5.02 Å². The molecular weight excluding hydrogens is 485 g/mol. The molecule has 0 fully saturated rings. The van der Waals surface area contributed by atoms with Crippen LogP contribution in [0.15, 0.2) is 82.0 Å². The molecule has 0 saturated carbocycles. The highest BCUT2D eigenvalue weighted by molar-refractivity contribution is 6.31. The monoisotopic (exact) mass is 500 g/mol. The number of fused-ring (bicyclic) bond motifs is 1. The van der Waals surface area contributed by atoms with Crippen molar-refractivity contribution in [2.45, 2.75) is 19.3 Å². The molecule has 2 aromatic carbocycles. The summed E-state index contributed by atoms with van der Waals surface area (Å²) in [5, 5.41) is 4.33. The normalized spacial score (nSPS) is 11.8. The zero-order valence-corrected chi connectivity index (χ0v) is 18.6. The summed E-state index contributed by atoms with van der Waals surface area (Å²) in [5.41, 5.74) is -0.713. The van der Waals surface area contributed by atoms with Gasteiger partial charge in [-0.25, -0.2) is 9.67 Å². The first kappa shape index (κ1) is 22.7. The number of carbonyl (C=O) groups excluding carboxylic acids is 1. The zero-order chi connectivity index (χ0) is 24.6. The number of aromatic nitrogens is 3. The number of furan rings is 1. The largest absolute Gasteiger partial charge is 0.467 e. The lowest BCUT2D eigenvalue weighted by atomic mass is 10.2. The highest BCUT2D eigenvalue weighted by Crippen LogP contribution is 2.34. The van der Waals surface area contributed by atoms with E-state index in [9.17, 15) is 18.0 Å². The predicted molar refractivity (Wildman–Crippen MR) is 120 cm³/mol. The number of amides is 1. The third kappa shape index (κ3) is 4.65. The van der Waals surface area contributed by atoms with E-state index >= 15 is 0 Å². The van der Waals surface area contributed by atoms with Gasteiger partial charge in [0.05, 0.1) is 36.8 Å². The maximum Gasteiger partial charge on any atom is 0.434 e. The number of oxazole rings is 1. The van der Waals surface area contributed by atoms with Gasteiger partial charge in [0.15, 0.2) is 11.3 Å². The van der Waals surface area contributed by atoms with E-state index in [2.05, 4.69) is 10.1 Å². The molecule has 1 amide bonds. The van der Waals surface area contributed by atoms with Crippen LogP contribution in [0.2, 0.25) is 5.02 Å². The summed E-state index contributed by atoms with van der Waals surface area (Å²) in [4.78, 5) is 19.0. The highest BCUT2D eigenvalue weighted by atomic mass is 35.5. The summed E-state index contributed by atoms with van der Waals surface area (Å²) in [6.45, 7) is -0.321. The average Bonchev–Trinajstić information content (AvgIpc) is 3.57. The van der Waals surface area contributed by atoms with Gasteiger partial charge in [-0.1, -0.05) is 29.8 Å². The van der Waals surface area contributed by atoms with E-state index < -0.39 is 23.3 Å². The minimum absolute atomic E-state index is 0.112. The molecule has 0 aliphatic rings. The second kappa shape index (κ2) is 8.95. The van der Waals surface area contributed by atoms with Crippen molar-refractivity contribution < 1.29 is 26.8 Å². The maximum atomic E-state index is 14.1. The second-order valence-electron chi connectivity index (χ2n) is 7.61. The Hall–Kier alpha value is -4.05. The van der Waals surface area contributed by atoms with Gasteiger partial charge < -0.3 is 13.7 Å². The molecule has 0 unspecified atom stereocenters. The third-order valence-corrected chi connectivity index (χ3v) is 5.44. The molecule has 0 aliphatic heterocycles. The van der Waals surface area contributed by atoms with Gasteiger partial charge in [-0.3, -0.25) is 4.79 Å². The van der Waals surface area contributed by atoms with Gasteiger partial charge in [-0.15, -0.1) is 0 Å². The lowest BCUT2D eigenvalue weighted by Crippen LogP contribution is -2.32. The van der Waals surface area contributed by atoms with Crippen molar-refractivity contribution >= 4 is 28.6 Å². The number of hydrogen-bond acceptors (Lipinski definition) is 5. The molecule has 35 heavy (non-hydrogen) atoms. The third-order valence-electron chi connectivity index (χ3n) is 5.20. The number of carbonyl (C=O) groups is 1. The summed E-state index contributed by atoms with van der Waals surface area (Å²) in [6.07, 6.45) is -2.52. The summed E-state index contributed by atoms with van der Waals surface area (Å²) in [5.74, 6) is -0.399. The van der Waals surface area contributed by atoms with Crippen LogP contribution in [0.4, 0.5) is 13.2 Å². The van der Waals surface area contributed by atoms with Crippen LogP contribution in [0.25, 0.3) is 16.8 Å². The second-order valence-corrected chi connectivity index (χ2v) is 8.05. The Morgan fingerprint density at radius 2 is 1.86 bits per heavy atom. The molecule has 0 saturated heterocycles. The van der Waals surface area contributed by atoms with E-state index in [1.165, 1.54) is 18.4 Å². The SMILES string of the molecule is O=C(c1cnn(-c2ccccc2)c1C(F)(F)F)N(Cc1ccco1)Cc1nc2cc(Cl)ccc2o1. The highest BCUT2D eigenvalue weighted by Gasteiger charge is 2.41. The summed E-state index contributed by atoms with van der Waals surface area (Å²) in [7, 11) is 0. The standard InChI is InChI=1S/C24H16ClF3N4O3/c25-15-8-9-20-19(11-15)30-21(35-20)14-31(13-17-7-4-10-34-17)23(33)18-12-29-32(22(18)24(26,27)28)16-5-2-1-3-6-16/h1-12H,13-14H2. The van der Waals surface area contributed by atoms with Gasteiger partial charge in [-0.2, -0.15) is 18.3 Å². The zero-order valence-electron chi connectivity index (χ0n) is 17.9. The van der Waals surface area contributed by atoms with Crippen LogP contribution >= 0.6 is 11.6 Å². The van der Waals surface area contributed by atoms with Crippen LogP contribution in [0, 0.1) is 0 Å². The summed E-state index contributed by atoms with van der Waals surface area (Å²) >= 11 is 6.00. The fourth-order valence-corrected chi connectivity index (χ4v) is 3.85. The molecule has 3 heterocycles. The molecule has 0 spiro atoms. The summed E-state index contributed by atoms with van der Waals surface area (Å²) in [6, 6.07) is 15.9. The van der Waals surface area contributed by atoms with Gasteiger partial charge >= 0.3 is 6.18 Å². The first-order valence-corrected chi connectivity index (χ1v) is 10.7. The lowest BCUT2D eigenvalue weighted by Gasteiger charge is -2.21. The number of para-hydroxylation sites is 1. The molecule has 5 aromatic rings. The topological polar surface area (TPSA) is 77.3 Å². The van der Waals surface area contributed by atoms with Crippen molar-refractivity contribution in [1.29, 1.82) is 0 Å². The lowest BCUT2D eigenvalue weighted by molar-refractivity contribution is -0.143. The van der Waals surface area contributed by atoms with Crippen LogP contribution in [0.1, 0.15) is 27.7 Å². The first-order valence-electron chi connectivity index (χ1n) is 10.4. The van der Waals surface area contributed by atoms with E-state index in [1.807, 2.05) is 0 Å². The van der Waals surface area contributed by atoms with Gasteiger partial charge in [0.25, 0.3) is 5.91 Å². The Morgan fingerprint density at radius 1 is 1.06 bits per heavy atom. The smallest absolute Gasteiger partial charge is 0.434 e. The van der Waals surface area contributed by atoms with Gasteiger partial charge in [-0.05, 0) is 42.5 Å². The Balaban J connectivity index is 1.55. The van der Waals surface area contributed by atoms with Gasteiger partial charge in [0.1, 0.15) is 11.3 Å². The van der Waals surface area contributed by atoms with Crippen molar-refractivity contribution in [2.75, 3.05) is 0 Å². The minimum Gasteiger partial charge on any atom is -0.467 e. The van der Waals surface area contributed by atoms with Crippen molar-refractivity contribution in [1.82, 2.24) is 19.7 Å². The van der Waals surface area contributed by atoms with Crippen LogP contribution < -0.4 is 0 Å². The Kier molecular flexibility index (Phi) is 5.81. The fourth-order valence-electron chi connectivity index (χ4n) is 3.68. The number of hydrogen-bond donors (Lipinski definition) is 0. The van der Waals surface area contributed by atoms with Crippen molar-refractivity contribution in [3.63, 3.8) is 0 Å². The Bertz CT molecular complexity index is 1480. The average molecular weight is 501 g/mol. The molecule has 0 bridgehead atoms. The summed E-state index contributed by atoms with van der Waals surface area (Å²) < 4.78 is 54.1. The fraction of sp³-hybridized carbons (Fsp3) is 0.125. The Morgan fingerprint density at radius 3 is 2.57 bits per heavy atom. The molecule has 0 atom stereocenters. The maximum absolute atomic E-state index is 14.1. The van der Waals surface area contributed by atoms with Crippen LogP contribution in [-0.2, 0) is 19.3 Å². The number of nitrogens with zero attached hydrogens (tertiary/aromatic N) is 4. The quantitative estimate of drug-likeness (QED) is 0.280. The molecular formula is C24H16ClF3N4O3. The molecule has 0 aliphatic carbocycles. The molecule has 11 heteroatoms. The van der Waals surface area contributed by atoms with Gasteiger partial charge in [0.2, 0.25) is 5.89 Å². The molecule has 7 nitrogen and oxygen atoms in total. The van der Waals surface area contributed by atoms with Crippen molar-refractivity contribution in [3.8, 4) is 5.69 Å². The number of benzene rings is 2. The number of halogens is 4. The van der Waals surface area contributed by atoms with E-state index in [0.717, 1.165) is 11.1 Å². The first-order chi connectivity index (χ1) is 16.8. The van der Waals surface area contributed by atoms with Crippen LogP contribution in [0.5, 0.6) is 0 Å². The number of rotatable bonds is 6. The van der Waals surface area contributed by atoms with E-state index in [0.29, 0.717) is 26.6 Å². The Labute approximate surface area is 201 Å². The van der Waals surface area contributed by atoms with Crippen LogP contribution in [-0.4, -0.2) is 25.6 Å². The molecule has 0 N–H and O–H groups in total. The molecule has 178 valence electrons.